The second-order valence-corrected chi connectivity index (χ2v) is 7.72. The van der Waals surface area contributed by atoms with Crippen molar-refractivity contribution < 1.29 is 0 Å². The third kappa shape index (κ3) is 3.28. The van der Waals surface area contributed by atoms with E-state index < -0.39 is 0 Å². The van der Waals surface area contributed by atoms with Crippen molar-refractivity contribution in [1.29, 1.82) is 0 Å². The molecule has 2 aliphatic heterocycles. The van der Waals surface area contributed by atoms with E-state index >= 15 is 0 Å². The summed E-state index contributed by atoms with van der Waals surface area (Å²) in [4.78, 5) is 23.6. The summed E-state index contributed by atoms with van der Waals surface area (Å²) >= 11 is 0. The zero-order valence-corrected chi connectivity index (χ0v) is 15.9. The van der Waals surface area contributed by atoms with Crippen LogP contribution < -0.4 is 5.56 Å². The van der Waals surface area contributed by atoms with Crippen LogP contribution in [0.4, 0.5) is 0 Å². The van der Waals surface area contributed by atoms with Gasteiger partial charge in [-0.25, -0.2) is 14.6 Å². The minimum absolute atomic E-state index is 0.0579. The van der Waals surface area contributed by atoms with Crippen LogP contribution in [-0.2, 0) is 26.1 Å². The van der Waals surface area contributed by atoms with Gasteiger partial charge in [-0.3, -0.25) is 14.3 Å². The molecule has 1 fully saturated rings. The van der Waals surface area contributed by atoms with Crippen molar-refractivity contribution in [2.75, 3.05) is 6.54 Å². The zero-order valence-electron chi connectivity index (χ0n) is 15.9. The first-order valence-corrected chi connectivity index (χ1v) is 10.1. The van der Waals surface area contributed by atoms with Crippen LogP contribution in [0, 0.1) is 0 Å². The molecule has 8 nitrogen and oxygen atoms in total. The first-order valence-electron chi connectivity index (χ1n) is 10.1. The number of aryl methyl sites for hydroxylation is 1. The second kappa shape index (κ2) is 7.35. The summed E-state index contributed by atoms with van der Waals surface area (Å²) in [6, 6.07) is 3.65. The zero-order chi connectivity index (χ0) is 18.9. The van der Waals surface area contributed by atoms with Crippen molar-refractivity contribution in [3.63, 3.8) is 0 Å². The Labute approximate surface area is 163 Å². The van der Waals surface area contributed by atoms with Gasteiger partial charge < -0.3 is 4.57 Å². The third-order valence-corrected chi connectivity index (χ3v) is 5.92. The van der Waals surface area contributed by atoms with E-state index in [0.717, 1.165) is 38.9 Å². The molecule has 0 radical (unpaired) electrons. The summed E-state index contributed by atoms with van der Waals surface area (Å²) in [6.07, 6.45) is 13.1. The van der Waals surface area contributed by atoms with Gasteiger partial charge in [0.2, 0.25) is 0 Å². The number of fused-ring (bicyclic) bond motifs is 1. The van der Waals surface area contributed by atoms with E-state index in [1.165, 1.54) is 24.4 Å². The van der Waals surface area contributed by atoms with Gasteiger partial charge in [0.1, 0.15) is 12.2 Å². The maximum atomic E-state index is 12.4. The van der Waals surface area contributed by atoms with E-state index in [9.17, 15) is 4.79 Å². The van der Waals surface area contributed by atoms with Crippen molar-refractivity contribution in [2.45, 2.75) is 57.8 Å². The number of imidazole rings is 2. The van der Waals surface area contributed by atoms with Crippen molar-refractivity contribution in [3.8, 4) is 5.82 Å². The SMILES string of the molecule is O=c1ccc(-n2ccnc2)nn1CC1CCCN1Cc1cnc2n1CCCC2. The summed E-state index contributed by atoms with van der Waals surface area (Å²) in [6.45, 7) is 3.65. The molecule has 0 amide bonds. The van der Waals surface area contributed by atoms with Crippen molar-refractivity contribution >= 4 is 0 Å². The number of hydrogen-bond donors (Lipinski definition) is 0. The van der Waals surface area contributed by atoms with Crippen molar-refractivity contribution in [2.24, 2.45) is 0 Å². The molecule has 5 heterocycles. The monoisotopic (exact) mass is 379 g/mol. The normalized spacial score (nSPS) is 19.8. The van der Waals surface area contributed by atoms with Crippen LogP contribution in [-0.4, -0.2) is 46.4 Å². The number of aromatic nitrogens is 6. The minimum Gasteiger partial charge on any atom is -0.331 e. The van der Waals surface area contributed by atoms with Crippen molar-refractivity contribution in [3.05, 3.63) is 58.9 Å². The highest BCUT2D eigenvalue weighted by molar-refractivity contribution is 5.19. The molecule has 0 bridgehead atoms. The summed E-state index contributed by atoms with van der Waals surface area (Å²) in [5, 5.41) is 4.56. The summed E-state index contributed by atoms with van der Waals surface area (Å²) in [5.74, 6) is 1.94. The van der Waals surface area contributed by atoms with Gasteiger partial charge in [-0.15, -0.1) is 0 Å². The Hall–Kier alpha value is -2.74. The molecule has 0 aliphatic carbocycles. The number of hydrogen-bond acceptors (Lipinski definition) is 5. The summed E-state index contributed by atoms with van der Waals surface area (Å²) < 4.78 is 5.81. The van der Waals surface area contributed by atoms with Gasteiger partial charge in [-0.05, 0) is 38.3 Å². The molecule has 2 aliphatic rings. The van der Waals surface area contributed by atoms with Crippen LogP contribution >= 0.6 is 0 Å². The number of rotatable bonds is 5. The number of likely N-dealkylation sites (tertiary alicyclic amines) is 1. The molecule has 8 heteroatoms. The molecule has 5 rings (SSSR count). The van der Waals surface area contributed by atoms with Crippen molar-refractivity contribution in [1.82, 2.24) is 33.8 Å². The first kappa shape index (κ1) is 17.4. The minimum atomic E-state index is -0.0579. The van der Waals surface area contributed by atoms with Gasteiger partial charge >= 0.3 is 0 Å². The Kier molecular flexibility index (Phi) is 4.56. The quantitative estimate of drug-likeness (QED) is 0.674. The molecular weight excluding hydrogens is 354 g/mol. The summed E-state index contributed by atoms with van der Waals surface area (Å²) in [5.41, 5.74) is 1.24. The average molecular weight is 379 g/mol. The Morgan fingerprint density at radius 1 is 1.14 bits per heavy atom. The van der Waals surface area contributed by atoms with E-state index in [1.807, 2.05) is 17.0 Å². The van der Waals surface area contributed by atoms with Gasteiger partial charge in [0.15, 0.2) is 5.82 Å². The van der Waals surface area contributed by atoms with Gasteiger partial charge in [0.25, 0.3) is 5.56 Å². The predicted octanol–water partition coefficient (Wildman–Crippen LogP) is 1.63. The summed E-state index contributed by atoms with van der Waals surface area (Å²) in [7, 11) is 0. The molecule has 3 aromatic heterocycles. The van der Waals surface area contributed by atoms with Gasteiger partial charge in [0, 0.05) is 50.2 Å². The molecular formula is C20H25N7O. The molecule has 28 heavy (non-hydrogen) atoms. The Morgan fingerprint density at radius 2 is 2.11 bits per heavy atom. The van der Waals surface area contributed by atoms with E-state index in [4.69, 9.17) is 0 Å². The van der Waals surface area contributed by atoms with E-state index in [1.54, 1.807) is 29.3 Å². The molecule has 0 N–H and O–H groups in total. The van der Waals surface area contributed by atoms with Crippen LogP contribution in [0.2, 0.25) is 0 Å². The lowest BCUT2D eigenvalue weighted by Gasteiger charge is -2.26. The highest BCUT2D eigenvalue weighted by atomic mass is 16.1. The fraction of sp³-hybridized carbons (Fsp3) is 0.500. The van der Waals surface area contributed by atoms with Crippen LogP contribution in [0.15, 0.2) is 41.8 Å². The highest BCUT2D eigenvalue weighted by Gasteiger charge is 2.27. The lowest BCUT2D eigenvalue weighted by atomic mass is 10.1. The molecule has 1 atom stereocenters. The fourth-order valence-electron chi connectivity index (χ4n) is 4.42. The Balaban J connectivity index is 1.34. The van der Waals surface area contributed by atoms with Gasteiger partial charge in [0.05, 0.1) is 12.2 Å². The maximum absolute atomic E-state index is 12.4. The molecule has 146 valence electrons. The van der Waals surface area contributed by atoms with Crippen LogP contribution in [0.5, 0.6) is 0 Å². The molecule has 0 saturated carbocycles. The topological polar surface area (TPSA) is 73.8 Å². The maximum Gasteiger partial charge on any atom is 0.266 e. The number of nitrogens with zero attached hydrogens (tertiary/aromatic N) is 7. The molecule has 0 aromatic carbocycles. The van der Waals surface area contributed by atoms with Crippen LogP contribution in [0.25, 0.3) is 5.82 Å². The van der Waals surface area contributed by atoms with Gasteiger partial charge in [-0.1, -0.05) is 0 Å². The predicted molar refractivity (Wildman–Crippen MR) is 104 cm³/mol. The first-order chi connectivity index (χ1) is 13.8. The molecule has 1 unspecified atom stereocenters. The van der Waals surface area contributed by atoms with Crippen LogP contribution in [0.3, 0.4) is 0 Å². The second-order valence-electron chi connectivity index (χ2n) is 7.72. The largest absolute Gasteiger partial charge is 0.331 e. The average Bonchev–Trinajstić information content (AvgIpc) is 3.46. The lowest BCUT2D eigenvalue weighted by Crippen LogP contribution is -2.37. The standard InChI is InChI=1S/C20H25N7O/c28-20-7-6-19(25-11-8-21-15-25)23-27(20)14-16-4-3-9-24(16)13-17-12-22-18-5-1-2-10-26(17)18/h6-8,11-12,15-16H,1-5,9-10,13-14H2. The smallest absolute Gasteiger partial charge is 0.266 e. The lowest BCUT2D eigenvalue weighted by molar-refractivity contribution is 0.211. The molecule has 0 spiro atoms. The van der Waals surface area contributed by atoms with E-state index in [-0.39, 0.29) is 5.56 Å². The third-order valence-electron chi connectivity index (χ3n) is 5.92. The highest BCUT2D eigenvalue weighted by Crippen LogP contribution is 2.23. The fourth-order valence-corrected chi connectivity index (χ4v) is 4.42. The van der Waals surface area contributed by atoms with Gasteiger partial charge in [-0.2, -0.15) is 5.10 Å². The van der Waals surface area contributed by atoms with E-state index in [2.05, 4.69) is 24.5 Å². The Morgan fingerprint density at radius 3 is 3.00 bits per heavy atom. The molecule has 1 saturated heterocycles. The van der Waals surface area contributed by atoms with Crippen LogP contribution in [0.1, 0.15) is 37.2 Å². The van der Waals surface area contributed by atoms with E-state index in [0.29, 0.717) is 18.4 Å². The molecule has 3 aromatic rings. The Bertz CT molecular complexity index is 1000.